The van der Waals surface area contributed by atoms with Gasteiger partial charge in [-0.05, 0) is 57.8 Å². The van der Waals surface area contributed by atoms with Crippen LogP contribution in [0, 0.1) is 0 Å². The van der Waals surface area contributed by atoms with Crippen molar-refractivity contribution in [3.8, 4) is 0 Å². The third-order valence-corrected chi connectivity index (χ3v) is 19.5. The number of rotatable bonds is 78. The molecule has 89 heavy (non-hydrogen) atoms. The van der Waals surface area contributed by atoms with Crippen molar-refractivity contribution in [2.75, 3.05) is 13.2 Å². The average Bonchev–Trinajstić information content (AvgIpc) is 3.64. The van der Waals surface area contributed by atoms with Gasteiger partial charge in [0.1, 0.15) is 0 Å². The highest BCUT2D eigenvalue weighted by molar-refractivity contribution is 5.76. The molecule has 6 nitrogen and oxygen atoms in total. The van der Waals surface area contributed by atoms with Crippen LogP contribution in [0.3, 0.4) is 0 Å². The van der Waals surface area contributed by atoms with Crippen molar-refractivity contribution in [1.29, 1.82) is 0 Å². The minimum atomic E-state index is -0.841. The Morgan fingerprint density at radius 2 is 0.528 bits per heavy atom. The molecule has 0 aromatic carbocycles. The Morgan fingerprint density at radius 3 is 0.798 bits per heavy atom. The molecule has 528 valence electrons. The molecule has 2 atom stereocenters. The van der Waals surface area contributed by atoms with E-state index in [0.717, 1.165) is 44.9 Å². The lowest BCUT2D eigenvalue weighted by Gasteiger charge is -2.20. The van der Waals surface area contributed by atoms with Gasteiger partial charge in [0.05, 0.1) is 25.4 Å². The van der Waals surface area contributed by atoms with Gasteiger partial charge >= 0.3 is 5.97 Å². The van der Waals surface area contributed by atoms with E-state index in [1.807, 2.05) is 6.08 Å². The molecule has 0 aliphatic rings. The summed E-state index contributed by atoms with van der Waals surface area (Å²) in [6.07, 6.45) is 102. The number of allylic oxidation sites excluding steroid dienone is 3. The van der Waals surface area contributed by atoms with Gasteiger partial charge < -0.3 is 20.3 Å². The summed E-state index contributed by atoms with van der Waals surface area (Å²) in [7, 11) is 0. The van der Waals surface area contributed by atoms with Crippen LogP contribution in [0.2, 0.25) is 0 Å². The first-order chi connectivity index (χ1) is 44.0. The van der Waals surface area contributed by atoms with E-state index in [2.05, 4.69) is 31.3 Å². The quantitative estimate of drug-likeness (QED) is 0.0320. The van der Waals surface area contributed by atoms with E-state index in [1.54, 1.807) is 6.08 Å². The number of amides is 1. The molecule has 3 N–H and O–H groups in total. The van der Waals surface area contributed by atoms with Crippen molar-refractivity contribution < 1.29 is 24.5 Å². The number of aliphatic hydroxyl groups is 2. The van der Waals surface area contributed by atoms with Crippen LogP contribution in [0.4, 0.5) is 0 Å². The zero-order valence-electron chi connectivity index (χ0n) is 60.7. The van der Waals surface area contributed by atoms with E-state index < -0.39 is 12.1 Å². The molecular formula is C83H161NO5. The van der Waals surface area contributed by atoms with E-state index in [9.17, 15) is 19.8 Å². The Balaban J connectivity index is 3.31. The number of hydrogen-bond acceptors (Lipinski definition) is 5. The van der Waals surface area contributed by atoms with E-state index >= 15 is 0 Å². The SMILES string of the molecule is CCCCCCCCC/C=C\CCCCCCCC(=O)OCCCCCCCCCCCCCCCCCCCCCCCCCCCCCCCCCCCCCCCC(=O)NC(CO)C(O)/C=C/CCCCCCCCCCCCCCCCCCC. The number of ether oxygens (including phenoxy) is 1. The smallest absolute Gasteiger partial charge is 0.305 e. The molecule has 0 heterocycles. The predicted molar refractivity (Wildman–Crippen MR) is 393 cm³/mol. The number of carbonyl (C=O) groups is 2. The van der Waals surface area contributed by atoms with Crippen LogP contribution >= 0.6 is 0 Å². The highest BCUT2D eigenvalue weighted by Crippen LogP contribution is 2.20. The number of hydrogen-bond donors (Lipinski definition) is 3. The van der Waals surface area contributed by atoms with Crippen LogP contribution < -0.4 is 5.32 Å². The summed E-state index contributed by atoms with van der Waals surface area (Å²) in [6.45, 7) is 4.95. The number of unbranched alkanes of at least 4 members (excludes halogenated alkanes) is 65. The molecule has 0 saturated carbocycles. The second kappa shape index (κ2) is 78.8. The molecule has 0 radical (unpaired) electrons. The number of aliphatic hydroxyl groups excluding tert-OH is 2. The molecule has 0 aliphatic carbocycles. The molecule has 0 aromatic rings. The van der Waals surface area contributed by atoms with E-state index in [-0.39, 0.29) is 18.5 Å². The van der Waals surface area contributed by atoms with E-state index in [0.29, 0.717) is 19.4 Å². The first-order valence-corrected chi connectivity index (χ1v) is 41.1. The molecule has 0 aliphatic heterocycles. The van der Waals surface area contributed by atoms with Crippen LogP contribution in [-0.2, 0) is 14.3 Å². The van der Waals surface area contributed by atoms with Gasteiger partial charge in [-0.15, -0.1) is 0 Å². The molecule has 0 fully saturated rings. The Labute approximate surface area is 558 Å². The van der Waals surface area contributed by atoms with Gasteiger partial charge in [-0.2, -0.15) is 0 Å². The summed E-state index contributed by atoms with van der Waals surface area (Å²) >= 11 is 0. The Morgan fingerprint density at radius 1 is 0.303 bits per heavy atom. The standard InChI is InChI=1S/C83H161NO5/c1-3-5-7-9-11-13-15-17-19-21-41-44-47-51-55-59-63-67-71-75-81(86)80(79-85)84-82(87)76-72-68-64-60-56-52-48-45-42-39-37-35-33-31-29-27-25-23-22-24-26-28-30-32-34-36-38-40-43-46-50-54-58-62-66-70-74-78-89-83(88)77-73-69-65-61-57-53-49-20-18-16-14-12-10-8-6-4-2/h20,49,71,75,80-81,85-86H,3-19,21-48,50-70,72-74,76-79H2,1-2H3,(H,84,87)/b49-20-,75-71+. The Kier molecular flexibility index (Phi) is 77.3. The maximum Gasteiger partial charge on any atom is 0.305 e. The first-order valence-electron chi connectivity index (χ1n) is 41.1. The molecule has 0 rings (SSSR count). The van der Waals surface area contributed by atoms with Gasteiger partial charge in [0, 0.05) is 12.8 Å². The lowest BCUT2D eigenvalue weighted by molar-refractivity contribution is -0.143. The summed E-state index contributed by atoms with van der Waals surface area (Å²) < 4.78 is 5.51. The lowest BCUT2D eigenvalue weighted by atomic mass is 10.0. The zero-order chi connectivity index (χ0) is 64.2. The third-order valence-electron chi connectivity index (χ3n) is 19.5. The molecule has 0 spiro atoms. The van der Waals surface area contributed by atoms with Gasteiger partial charge in [0.25, 0.3) is 0 Å². The lowest BCUT2D eigenvalue weighted by Crippen LogP contribution is -2.45. The number of nitrogens with one attached hydrogen (secondary N) is 1. The van der Waals surface area contributed by atoms with Gasteiger partial charge in [-0.3, -0.25) is 9.59 Å². The van der Waals surface area contributed by atoms with Crippen LogP contribution in [0.25, 0.3) is 0 Å². The van der Waals surface area contributed by atoms with Crippen molar-refractivity contribution in [2.45, 2.75) is 482 Å². The van der Waals surface area contributed by atoms with Crippen molar-refractivity contribution >= 4 is 11.9 Å². The summed E-state index contributed by atoms with van der Waals surface area (Å²) in [6, 6.07) is -0.624. The summed E-state index contributed by atoms with van der Waals surface area (Å²) in [5, 5.41) is 23.3. The summed E-state index contributed by atoms with van der Waals surface area (Å²) in [5.74, 6) is -0.0409. The van der Waals surface area contributed by atoms with Gasteiger partial charge in [0.2, 0.25) is 5.91 Å². The van der Waals surface area contributed by atoms with Crippen molar-refractivity contribution in [3.63, 3.8) is 0 Å². The van der Waals surface area contributed by atoms with Crippen LogP contribution in [0.5, 0.6) is 0 Å². The molecule has 2 unspecified atom stereocenters. The maximum atomic E-state index is 12.5. The van der Waals surface area contributed by atoms with Crippen LogP contribution in [0.1, 0.15) is 470 Å². The fourth-order valence-corrected chi connectivity index (χ4v) is 13.2. The van der Waals surface area contributed by atoms with Crippen LogP contribution in [-0.4, -0.2) is 47.4 Å². The third kappa shape index (κ3) is 75.3. The minimum absolute atomic E-state index is 0.0168. The second-order valence-corrected chi connectivity index (χ2v) is 28.5. The molecule has 0 saturated heterocycles. The molecule has 0 bridgehead atoms. The molecule has 6 heteroatoms. The number of esters is 1. The van der Waals surface area contributed by atoms with Gasteiger partial charge in [-0.25, -0.2) is 0 Å². The highest BCUT2D eigenvalue weighted by Gasteiger charge is 2.18. The molecular weight excluding hydrogens is 1090 g/mol. The van der Waals surface area contributed by atoms with Gasteiger partial charge in [0.15, 0.2) is 0 Å². The maximum absolute atomic E-state index is 12.5. The molecule has 1 amide bonds. The largest absolute Gasteiger partial charge is 0.466 e. The van der Waals surface area contributed by atoms with Crippen molar-refractivity contribution in [1.82, 2.24) is 5.32 Å². The second-order valence-electron chi connectivity index (χ2n) is 28.5. The van der Waals surface area contributed by atoms with Crippen LogP contribution in [0.15, 0.2) is 24.3 Å². The minimum Gasteiger partial charge on any atom is -0.466 e. The Hall–Kier alpha value is -1.66. The normalized spacial score (nSPS) is 12.5. The fourth-order valence-electron chi connectivity index (χ4n) is 13.2. The predicted octanol–water partition coefficient (Wildman–Crippen LogP) is 27.2. The summed E-state index contributed by atoms with van der Waals surface area (Å²) in [5.41, 5.74) is 0. The van der Waals surface area contributed by atoms with E-state index in [4.69, 9.17) is 4.74 Å². The topological polar surface area (TPSA) is 95.9 Å². The molecule has 0 aromatic heterocycles. The van der Waals surface area contributed by atoms with Gasteiger partial charge in [-0.1, -0.05) is 423 Å². The highest BCUT2D eigenvalue weighted by atomic mass is 16.5. The Bertz CT molecular complexity index is 1400. The zero-order valence-corrected chi connectivity index (χ0v) is 60.7. The number of carbonyl (C=O) groups excluding carboxylic acids is 2. The monoisotopic (exact) mass is 1250 g/mol. The average molecular weight is 1250 g/mol. The van der Waals surface area contributed by atoms with E-state index in [1.165, 1.54) is 398 Å². The fraction of sp³-hybridized carbons (Fsp3) is 0.928. The summed E-state index contributed by atoms with van der Waals surface area (Å²) in [4.78, 5) is 24.6. The van der Waals surface area contributed by atoms with Crippen molar-refractivity contribution in [3.05, 3.63) is 24.3 Å². The first kappa shape index (κ1) is 87.3. The van der Waals surface area contributed by atoms with Crippen molar-refractivity contribution in [2.24, 2.45) is 0 Å².